The van der Waals surface area contributed by atoms with Crippen molar-refractivity contribution in [1.29, 1.82) is 0 Å². The van der Waals surface area contributed by atoms with Crippen LogP contribution in [0.25, 0.3) is 0 Å². The molecule has 0 saturated carbocycles. The number of hydrogen-bond acceptors (Lipinski definition) is 5. The monoisotopic (exact) mass is 252 g/mol. The van der Waals surface area contributed by atoms with Crippen LogP contribution in [-0.4, -0.2) is 37.0 Å². The summed E-state index contributed by atoms with van der Waals surface area (Å²) in [5.41, 5.74) is 6.57. The molecule has 6 nitrogen and oxygen atoms in total. The molecule has 0 aromatic heterocycles. The lowest BCUT2D eigenvalue weighted by Gasteiger charge is -2.10. The highest BCUT2D eigenvalue weighted by Gasteiger charge is 2.10. The molecule has 0 amide bonds. The number of nitrogens with one attached hydrogen (secondary N) is 1. The number of anilines is 2. The molecule has 0 saturated heterocycles. The van der Waals surface area contributed by atoms with Crippen molar-refractivity contribution in [2.24, 2.45) is 0 Å². The molecule has 0 unspecified atom stereocenters. The van der Waals surface area contributed by atoms with Gasteiger partial charge in [0.1, 0.15) is 5.69 Å². The van der Waals surface area contributed by atoms with Gasteiger partial charge in [0.05, 0.1) is 4.92 Å². The molecule has 0 fully saturated rings. The van der Waals surface area contributed by atoms with Crippen LogP contribution in [-0.2, 0) is 0 Å². The number of nitro benzene ring substituents is 1. The number of nitrogens with zero attached hydrogens (tertiary/aromatic N) is 2. The third-order valence-corrected chi connectivity index (χ3v) is 2.59. The molecule has 6 heteroatoms. The Kier molecular flexibility index (Phi) is 5.38. The molecule has 0 aliphatic heterocycles. The van der Waals surface area contributed by atoms with Crippen LogP contribution in [0, 0.1) is 10.1 Å². The van der Waals surface area contributed by atoms with Gasteiger partial charge in [-0.1, -0.05) is 0 Å². The first-order valence-electron chi connectivity index (χ1n) is 5.93. The largest absolute Gasteiger partial charge is 0.393 e. The van der Waals surface area contributed by atoms with Crippen molar-refractivity contribution >= 4 is 17.1 Å². The van der Waals surface area contributed by atoms with Crippen LogP contribution in [0.3, 0.4) is 0 Å². The molecule has 1 rings (SSSR count). The minimum absolute atomic E-state index is 0.0480. The van der Waals surface area contributed by atoms with Gasteiger partial charge in [0.25, 0.3) is 5.69 Å². The fourth-order valence-electron chi connectivity index (χ4n) is 1.62. The molecule has 0 spiro atoms. The summed E-state index contributed by atoms with van der Waals surface area (Å²) in [6.45, 7) is 1.90. The van der Waals surface area contributed by atoms with Crippen molar-refractivity contribution in [2.45, 2.75) is 12.8 Å². The van der Waals surface area contributed by atoms with Gasteiger partial charge in [-0.05, 0) is 45.6 Å². The number of benzene rings is 1. The zero-order chi connectivity index (χ0) is 13.5. The smallest absolute Gasteiger partial charge is 0.292 e. The van der Waals surface area contributed by atoms with Crippen LogP contribution >= 0.6 is 0 Å². The molecule has 100 valence electrons. The van der Waals surface area contributed by atoms with Crippen LogP contribution in [0.5, 0.6) is 0 Å². The van der Waals surface area contributed by atoms with Gasteiger partial charge in [-0.3, -0.25) is 10.1 Å². The highest BCUT2D eigenvalue weighted by molar-refractivity contribution is 5.65. The summed E-state index contributed by atoms with van der Waals surface area (Å²) in [6, 6.07) is 4.71. The van der Waals surface area contributed by atoms with Crippen LogP contribution in [0.2, 0.25) is 0 Å². The molecule has 1 aromatic carbocycles. The number of nitro groups is 1. The van der Waals surface area contributed by atoms with Crippen molar-refractivity contribution in [3.05, 3.63) is 28.3 Å². The molecule has 18 heavy (non-hydrogen) atoms. The number of rotatable bonds is 7. The first-order chi connectivity index (χ1) is 8.50. The lowest BCUT2D eigenvalue weighted by molar-refractivity contribution is -0.383. The van der Waals surface area contributed by atoms with E-state index < -0.39 is 4.92 Å². The second-order valence-electron chi connectivity index (χ2n) is 4.47. The van der Waals surface area contributed by atoms with E-state index in [-0.39, 0.29) is 11.4 Å². The van der Waals surface area contributed by atoms with E-state index in [0.29, 0.717) is 0 Å². The molecule has 0 heterocycles. The summed E-state index contributed by atoms with van der Waals surface area (Å²) in [6.07, 6.45) is 2.16. The van der Waals surface area contributed by atoms with Gasteiger partial charge in [0.15, 0.2) is 0 Å². The molecular weight excluding hydrogens is 232 g/mol. The molecule has 3 N–H and O–H groups in total. The van der Waals surface area contributed by atoms with Crippen LogP contribution in [0.4, 0.5) is 17.1 Å². The van der Waals surface area contributed by atoms with Gasteiger partial charge in [-0.15, -0.1) is 0 Å². The van der Waals surface area contributed by atoms with Gasteiger partial charge < -0.3 is 16.0 Å². The average molecular weight is 252 g/mol. The second kappa shape index (κ2) is 6.80. The molecule has 0 atom stereocenters. The standard InChI is InChI=1S/C12H20N4O2/c1-15(2)8-4-3-7-14-10-5-6-12(16(17)18)11(13)9-10/h5-6,9,14H,3-4,7-8,13H2,1-2H3. The average Bonchev–Trinajstić information content (AvgIpc) is 2.27. The normalized spacial score (nSPS) is 10.6. The Hall–Kier alpha value is -1.82. The Morgan fingerprint density at radius 1 is 1.39 bits per heavy atom. The first kappa shape index (κ1) is 14.2. The molecule has 0 aliphatic carbocycles. The summed E-state index contributed by atoms with van der Waals surface area (Å²) in [4.78, 5) is 12.3. The maximum atomic E-state index is 10.6. The second-order valence-corrected chi connectivity index (χ2v) is 4.47. The molecule has 0 aliphatic rings. The van der Waals surface area contributed by atoms with E-state index in [0.717, 1.165) is 31.6 Å². The van der Waals surface area contributed by atoms with Gasteiger partial charge in [0, 0.05) is 18.3 Å². The fraction of sp³-hybridized carbons (Fsp3) is 0.500. The summed E-state index contributed by atoms with van der Waals surface area (Å²) < 4.78 is 0. The van der Waals surface area contributed by atoms with Crippen molar-refractivity contribution in [3.63, 3.8) is 0 Å². The fourth-order valence-corrected chi connectivity index (χ4v) is 1.62. The Labute approximate surface area is 107 Å². The quantitative estimate of drug-likeness (QED) is 0.335. The maximum absolute atomic E-state index is 10.6. The Balaban J connectivity index is 2.39. The summed E-state index contributed by atoms with van der Waals surface area (Å²) in [5, 5.41) is 13.8. The zero-order valence-corrected chi connectivity index (χ0v) is 10.8. The molecule has 0 bridgehead atoms. The third-order valence-electron chi connectivity index (χ3n) is 2.59. The summed E-state index contributed by atoms with van der Waals surface area (Å²) >= 11 is 0. The molecule has 0 radical (unpaired) electrons. The van der Waals surface area contributed by atoms with E-state index >= 15 is 0 Å². The lowest BCUT2D eigenvalue weighted by atomic mass is 10.2. The number of nitrogens with two attached hydrogens (primary N) is 1. The number of unbranched alkanes of at least 4 members (excludes halogenated alkanes) is 1. The van der Waals surface area contributed by atoms with Gasteiger partial charge in [0.2, 0.25) is 0 Å². The van der Waals surface area contributed by atoms with Crippen molar-refractivity contribution < 1.29 is 4.92 Å². The Morgan fingerprint density at radius 2 is 2.11 bits per heavy atom. The summed E-state index contributed by atoms with van der Waals surface area (Å²) in [5.74, 6) is 0. The van der Waals surface area contributed by atoms with E-state index in [9.17, 15) is 10.1 Å². The Morgan fingerprint density at radius 3 is 2.67 bits per heavy atom. The van der Waals surface area contributed by atoms with E-state index in [1.54, 1.807) is 12.1 Å². The van der Waals surface area contributed by atoms with Crippen molar-refractivity contribution in [2.75, 3.05) is 38.2 Å². The zero-order valence-electron chi connectivity index (χ0n) is 10.8. The van der Waals surface area contributed by atoms with Crippen LogP contribution in [0.15, 0.2) is 18.2 Å². The molecular formula is C12H20N4O2. The van der Waals surface area contributed by atoms with Gasteiger partial charge in [-0.2, -0.15) is 0 Å². The topological polar surface area (TPSA) is 84.4 Å². The number of nitrogen functional groups attached to an aromatic ring is 1. The van der Waals surface area contributed by atoms with E-state index in [1.807, 2.05) is 14.1 Å². The minimum atomic E-state index is -0.476. The van der Waals surface area contributed by atoms with E-state index in [4.69, 9.17) is 5.73 Å². The maximum Gasteiger partial charge on any atom is 0.292 e. The highest BCUT2D eigenvalue weighted by Crippen LogP contribution is 2.24. The molecule has 1 aromatic rings. The van der Waals surface area contributed by atoms with Crippen LogP contribution < -0.4 is 11.1 Å². The minimum Gasteiger partial charge on any atom is -0.393 e. The first-order valence-corrected chi connectivity index (χ1v) is 5.93. The predicted octanol–water partition coefficient (Wildman–Crippen LogP) is 1.93. The van der Waals surface area contributed by atoms with Gasteiger partial charge >= 0.3 is 0 Å². The van der Waals surface area contributed by atoms with Gasteiger partial charge in [-0.25, -0.2) is 0 Å². The van der Waals surface area contributed by atoms with E-state index in [2.05, 4.69) is 10.2 Å². The third kappa shape index (κ3) is 4.58. The van der Waals surface area contributed by atoms with Crippen molar-refractivity contribution in [1.82, 2.24) is 4.90 Å². The van der Waals surface area contributed by atoms with Crippen molar-refractivity contribution in [3.8, 4) is 0 Å². The summed E-state index contributed by atoms with van der Waals surface area (Å²) in [7, 11) is 4.09. The number of hydrogen-bond donors (Lipinski definition) is 2. The predicted molar refractivity (Wildman–Crippen MR) is 73.8 cm³/mol. The van der Waals surface area contributed by atoms with Crippen LogP contribution in [0.1, 0.15) is 12.8 Å². The highest BCUT2D eigenvalue weighted by atomic mass is 16.6. The lowest BCUT2D eigenvalue weighted by Crippen LogP contribution is -2.14. The van der Waals surface area contributed by atoms with E-state index in [1.165, 1.54) is 6.07 Å². The SMILES string of the molecule is CN(C)CCCCNc1ccc([N+](=O)[O-])c(N)c1. The Bertz CT molecular complexity index is 407.